The van der Waals surface area contributed by atoms with Crippen LogP contribution in [0.25, 0.3) is 0 Å². The second kappa shape index (κ2) is 9.38. The molecular formula is C16H24BrClN2O2. The van der Waals surface area contributed by atoms with Crippen molar-refractivity contribution in [2.24, 2.45) is 11.8 Å². The van der Waals surface area contributed by atoms with E-state index >= 15 is 0 Å². The summed E-state index contributed by atoms with van der Waals surface area (Å²) in [7, 11) is 1.62. The Bertz CT molecular complexity index is 493. The van der Waals surface area contributed by atoms with Crippen LogP contribution in [0, 0.1) is 11.8 Å². The molecule has 124 valence electrons. The van der Waals surface area contributed by atoms with Crippen LogP contribution in [0.2, 0.25) is 0 Å². The summed E-state index contributed by atoms with van der Waals surface area (Å²) in [6.45, 7) is 4.30. The predicted molar refractivity (Wildman–Crippen MR) is 95.9 cm³/mol. The molecule has 1 aliphatic rings. The average Bonchev–Trinajstić information content (AvgIpc) is 2.48. The first-order chi connectivity index (χ1) is 10.1. The van der Waals surface area contributed by atoms with Gasteiger partial charge in [-0.25, -0.2) is 0 Å². The topological polar surface area (TPSA) is 50.4 Å². The van der Waals surface area contributed by atoms with Crippen LogP contribution in [0.5, 0.6) is 5.75 Å². The molecule has 0 bridgehead atoms. The van der Waals surface area contributed by atoms with E-state index in [0.717, 1.165) is 29.0 Å². The monoisotopic (exact) mass is 390 g/mol. The number of rotatable bonds is 5. The van der Waals surface area contributed by atoms with E-state index in [1.807, 2.05) is 18.2 Å². The lowest BCUT2D eigenvalue weighted by Crippen LogP contribution is -2.34. The Balaban J connectivity index is 0.00000242. The summed E-state index contributed by atoms with van der Waals surface area (Å²) >= 11 is 3.43. The second-order valence-electron chi connectivity index (χ2n) is 5.69. The SMILES string of the molecule is COc1ccc(NC(=O)CC(C)C2CCCNC2)cc1Br.Cl. The molecule has 2 atom stereocenters. The maximum absolute atomic E-state index is 12.2. The van der Waals surface area contributed by atoms with Crippen molar-refractivity contribution < 1.29 is 9.53 Å². The summed E-state index contributed by atoms with van der Waals surface area (Å²) in [4.78, 5) is 12.2. The molecule has 2 N–H and O–H groups in total. The summed E-state index contributed by atoms with van der Waals surface area (Å²) in [6, 6.07) is 5.56. The Hall–Kier alpha value is -0.780. The van der Waals surface area contributed by atoms with Gasteiger partial charge in [-0.3, -0.25) is 4.79 Å². The molecule has 2 rings (SSSR count). The first-order valence-electron chi connectivity index (χ1n) is 7.44. The third kappa shape index (κ3) is 5.45. The number of piperidine rings is 1. The highest BCUT2D eigenvalue weighted by Gasteiger charge is 2.22. The van der Waals surface area contributed by atoms with E-state index in [0.29, 0.717) is 18.3 Å². The Labute approximate surface area is 146 Å². The van der Waals surface area contributed by atoms with E-state index < -0.39 is 0 Å². The molecule has 1 amide bonds. The van der Waals surface area contributed by atoms with E-state index in [9.17, 15) is 4.79 Å². The van der Waals surface area contributed by atoms with Crippen molar-refractivity contribution in [1.82, 2.24) is 5.32 Å². The van der Waals surface area contributed by atoms with Crippen molar-refractivity contribution in [2.45, 2.75) is 26.2 Å². The minimum Gasteiger partial charge on any atom is -0.496 e. The number of anilines is 1. The first-order valence-corrected chi connectivity index (χ1v) is 8.23. The van der Waals surface area contributed by atoms with Gasteiger partial charge in [0.25, 0.3) is 0 Å². The van der Waals surface area contributed by atoms with Gasteiger partial charge in [0.1, 0.15) is 5.75 Å². The third-order valence-corrected chi connectivity index (χ3v) is 4.70. The number of amides is 1. The average molecular weight is 392 g/mol. The Morgan fingerprint density at radius 2 is 2.32 bits per heavy atom. The van der Waals surface area contributed by atoms with Crippen LogP contribution in [-0.4, -0.2) is 26.1 Å². The fourth-order valence-corrected chi connectivity index (χ4v) is 3.32. The summed E-state index contributed by atoms with van der Waals surface area (Å²) in [5.74, 6) is 1.84. The second-order valence-corrected chi connectivity index (χ2v) is 6.54. The van der Waals surface area contributed by atoms with Gasteiger partial charge in [-0.1, -0.05) is 6.92 Å². The summed E-state index contributed by atoms with van der Waals surface area (Å²) in [5, 5.41) is 6.37. The highest BCUT2D eigenvalue weighted by atomic mass is 79.9. The first kappa shape index (κ1) is 19.3. The highest BCUT2D eigenvalue weighted by Crippen LogP contribution is 2.28. The Kier molecular flexibility index (Phi) is 8.21. The summed E-state index contributed by atoms with van der Waals surface area (Å²) in [6.07, 6.45) is 2.99. The molecule has 4 nitrogen and oxygen atoms in total. The van der Waals surface area contributed by atoms with E-state index in [1.165, 1.54) is 12.8 Å². The van der Waals surface area contributed by atoms with Crippen molar-refractivity contribution in [3.8, 4) is 5.75 Å². The number of carbonyl (C=O) groups is 1. The van der Waals surface area contributed by atoms with Gasteiger partial charge in [0.2, 0.25) is 5.91 Å². The van der Waals surface area contributed by atoms with Crippen LogP contribution in [-0.2, 0) is 4.79 Å². The van der Waals surface area contributed by atoms with E-state index in [1.54, 1.807) is 7.11 Å². The zero-order valence-electron chi connectivity index (χ0n) is 13.0. The minimum atomic E-state index is 0. The normalized spacial score (nSPS) is 19.0. The lowest BCUT2D eigenvalue weighted by atomic mass is 9.85. The summed E-state index contributed by atoms with van der Waals surface area (Å²) < 4.78 is 6.02. The maximum atomic E-state index is 12.2. The lowest BCUT2D eigenvalue weighted by Gasteiger charge is -2.28. The van der Waals surface area contributed by atoms with E-state index in [4.69, 9.17) is 4.74 Å². The van der Waals surface area contributed by atoms with Gasteiger partial charge in [-0.15, -0.1) is 12.4 Å². The molecule has 6 heteroatoms. The Morgan fingerprint density at radius 1 is 1.55 bits per heavy atom. The number of nitrogens with one attached hydrogen (secondary N) is 2. The van der Waals surface area contributed by atoms with Gasteiger partial charge in [-0.2, -0.15) is 0 Å². The highest BCUT2D eigenvalue weighted by molar-refractivity contribution is 9.10. The van der Waals surface area contributed by atoms with Crippen LogP contribution in [0.4, 0.5) is 5.69 Å². The molecule has 0 aromatic heterocycles. The molecule has 1 saturated heterocycles. The van der Waals surface area contributed by atoms with Crippen LogP contribution in [0.1, 0.15) is 26.2 Å². The molecule has 0 aliphatic carbocycles. The van der Waals surface area contributed by atoms with Crippen molar-refractivity contribution in [3.05, 3.63) is 22.7 Å². The minimum absolute atomic E-state index is 0. The van der Waals surface area contributed by atoms with E-state index in [-0.39, 0.29) is 18.3 Å². The van der Waals surface area contributed by atoms with Crippen molar-refractivity contribution in [1.29, 1.82) is 0 Å². The quantitative estimate of drug-likeness (QED) is 0.801. The smallest absolute Gasteiger partial charge is 0.224 e. The van der Waals surface area contributed by atoms with Gasteiger partial charge in [0.15, 0.2) is 0 Å². The molecule has 1 aliphatic heterocycles. The number of ether oxygens (including phenoxy) is 1. The molecule has 22 heavy (non-hydrogen) atoms. The fourth-order valence-electron chi connectivity index (χ4n) is 2.78. The number of halogens is 2. The van der Waals surface area contributed by atoms with Gasteiger partial charge in [-0.05, 0) is 71.9 Å². The molecule has 1 aromatic carbocycles. The molecule has 0 radical (unpaired) electrons. The van der Waals surface area contributed by atoms with Gasteiger partial charge < -0.3 is 15.4 Å². The van der Waals surface area contributed by atoms with E-state index in [2.05, 4.69) is 33.5 Å². The predicted octanol–water partition coefficient (Wildman–Crippen LogP) is 3.84. The molecule has 2 unspecified atom stereocenters. The van der Waals surface area contributed by atoms with Gasteiger partial charge in [0.05, 0.1) is 11.6 Å². The summed E-state index contributed by atoms with van der Waals surface area (Å²) in [5.41, 5.74) is 0.793. The van der Waals surface area contributed by atoms with Crippen molar-refractivity contribution in [3.63, 3.8) is 0 Å². The Morgan fingerprint density at radius 3 is 2.91 bits per heavy atom. The number of hydrogen-bond acceptors (Lipinski definition) is 3. The molecule has 0 saturated carbocycles. The van der Waals surface area contributed by atoms with Crippen LogP contribution < -0.4 is 15.4 Å². The maximum Gasteiger partial charge on any atom is 0.224 e. The molecule has 1 fully saturated rings. The van der Waals surface area contributed by atoms with Gasteiger partial charge in [0, 0.05) is 12.1 Å². The fraction of sp³-hybridized carbons (Fsp3) is 0.562. The number of methoxy groups -OCH3 is 1. The zero-order chi connectivity index (χ0) is 15.2. The molecule has 1 aromatic rings. The molecule has 1 heterocycles. The van der Waals surface area contributed by atoms with Crippen LogP contribution >= 0.6 is 28.3 Å². The number of carbonyl (C=O) groups excluding carboxylic acids is 1. The zero-order valence-corrected chi connectivity index (χ0v) is 15.4. The number of hydrogen-bond donors (Lipinski definition) is 2. The lowest BCUT2D eigenvalue weighted by molar-refractivity contribution is -0.117. The third-order valence-electron chi connectivity index (χ3n) is 4.08. The molecule has 0 spiro atoms. The van der Waals surface area contributed by atoms with Crippen molar-refractivity contribution >= 4 is 39.9 Å². The van der Waals surface area contributed by atoms with Crippen LogP contribution in [0.15, 0.2) is 22.7 Å². The number of benzene rings is 1. The van der Waals surface area contributed by atoms with Crippen molar-refractivity contribution in [2.75, 3.05) is 25.5 Å². The van der Waals surface area contributed by atoms with Crippen LogP contribution in [0.3, 0.4) is 0 Å². The molecular weight excluding hydrogens is 368 g/mol. The standard InChI is InChI=1S/C16H23BrN2O2.ClH/c1-11(12-4-3-7-18-10-12)8-16(20)19-13-5-6-15(21-2)14(17)9-13;/h5-6,9,11-12,18H,3-4,7-8,10H2,1-2H3,(H,19,20);1H. The van der Waals surface area contributed by atoms with Gasteiger partial charge >= 0.3 is 0 Å². The largest absolute Gasteiger partial charge is 0.496 e.